The third-order valence-electron chi connectivity index (χ3n) is 3.43. The van der Waals surface area contributed by atoms with Crippen molar-refractivity contribution < 1.29 is 20.1 Å². The molecule has 9 heteroatoms. The van der Waals surface area contributed by atoms with Crippen LogP contribution in [-0.4, -0.2) is 54.8 Å². The molecule has 8 nitrogen and oxygen atoms in total. The van der Waals surface area contributed by atoms with Crippen LogP contribution in [0.15, 0.2) is 23.1 Å². The first-order valence-corrected chi connectivity index (χ1v) is 6.67. The Morgan fingerprint density at radius 3 is 2.81 bits per heavy atom. The standard InChI is InChI=1S/C12H13N3O5S/c16-4-6-8(18)9(19)11(20-6)15-3-5-1-2-7(17)13-10(5)14-12(15)21/h1-3,6,8-9,11,16,18-19H,4H2,(H,13,14,17,21)/t6-,8?,9+,11-/m1/s1. The van der Waals surface area contributed by atoms with E-state index in [0.29, 0.717) is 11.0 Å². The zero-order valence-corrected chi connectivity index (χ0v) is 11.5. The molecule has 0 radical (unpaired) electrons. The van der Waals surface area contributed by atoms with Gasteiger partial charge in [-0.3, -0.25) is 9.36 Å². The molecule has 112 valence electrons. The van der Waals surface area contributed by atoms with Gasteiger partial charge in [-0.15, -0.1) is 0 Å². The van der Waals surface area contributed by atoms with Crippen LogP contribution in [0.25, 0.3) is 11.0 Å². The first kappa shape index (κ1) is 14.3. The second-order valence-corrected chi connectivity index (χ2v) is 5.15. The molecule has 0 bridgehead atoms. The predicted molar refractivity (Wildman–Crippen MR) is 74.2 cm³/mol. The van der Waals surface area contributed by atoms with E-state index in [9.17, 15) is 15.0 Å². The van der Waals surface area contributed by atoms with Gasteiger partial charge in [-0.25, -0.2) is 4.98 Å². The van der Waals surface area contributed by atoms with Gasteiger partial charge in [0.15, 0.2) is 6.23 Å². The number of aliphatic hydroxyl groups is 3. The fourth-order valence-electron chi connectivity index (χ4n) is 2.32. The minimum absolute atomic E-state index is 0.0826. The predicted octanol–water partition coefficient (Wildman–Crippen LogP) is -0.934. The van der Waals surface area contributed by atoms with Gasteiger partial charge in [0.05, 0.1) is 6.61 Å². The van der Waals surface area contributed by atoms with E-state index in [2.05, 4.69) is 9.97 Å². The van der Waals surface area contributed by atoms with Gasteiger partial charge in [-0.05, 0) is 18.3 Å². The Balaban J connectivity index is 2.09. The van der Waals surface area contributed by atoms with Gasteiger partial charge in [0, 0.05) is 17.6 Å². The molecule has 1 aliphatic rings. The number of fused-ring (bicyclic) bond motifs is 1. The molecular formula is C12H13N3O5S. The zero-order valence-electron chi connectivity index (χ0n) is 10.7. The third kappa shape index (κ3) is 2.39. The third-order valence-corrected chi connectivity index (χ3v) is 3.73. The lowest BCUT2D eigenvalue weighted by molar-refractivity contribution is -0.0538. The van der Waals surface area contributed by atoms with E-state index in [4.69, 9.17) is 22.1 Å². The summed E-state index contributed by atoms with van der Waals surface area (Å²) in [6.07, 6.45) is -2.73. The molecule has 1 saturated heterocycles. The van der Waals surface area contributed by atoms with Crippen LogP contribution in [0.2, 0.25) is 0 Å². The molecule has 1 fully saturated rings. The van der Waals surface area contributed by atoms with Crippen LogP contribution in [0.5, 0.6) is 0 Å². The molecule has 1 aliphatic heterocycles. The Morgan fingerprint density at radius 2 is 2.14 bits per heavy atom. The number of nitrogens with zero attached hydrogens (tertiary/aromatic N) is 2. The van der Waals surface area contributed by atoms with Gasteiger partial charge >= 0.3 is 0 Å². The van der Waals surface area contributed by atoms with E-state index >= 15 is 0 Å². The molecule has 3 rings (SSSR count). The zero-order chi connectivity index (χ0) is 15.1. The van der Waals surface area contributed by atoms with Gasteiger partial charge in [-0.2, -0.15) is 0 Å². The van der Waals surface area contributed by atoms with Crippen molar-refractivity contribution in [3.05, 3.63) is 33.5 Å². The number of rotatable bonds is 2. The highest BCUT2D eigenvalue weighted by Crippen LogP contribution is 2.29. The number of hydrogen-bond donors (Lipinski definition) is 4. The van der Waals surface area contributed by atoms with Crippen molar-refractivity contribution in [1.82, 2.24) is 14.5 Å². The number of ether oxygens (including phenoxy) is 1. The maximum Gasteiger partial charge on any atom is 0.249 e. The summed E-state index contributed by atoms with van der Waals surface area (Å²) in [5, 5.41) is 29.5. The maximum absolute atomic E-state index is 11.3. The van der Waals surface area contributed by atoms with Crippen LogP contribution in [-0.2, 0) is 4.74 Å². The molecule has 2 aromatic rings. The normalized spacial score (nSPS) is 29.1. The van der Waals surface area contributed by atoms with E-state index in [1.807, 2.05) is 0 Å². The summed E-state index contributed by atoms with van der Waals surface area (Å²) in [4.78, 5) is 17.9. The van der Waals surface area contributed by atoms with Crippen LogP contribution in [0.4, 0.5) is 0 Å². The van der Waals surface area contributed by atoms with Gasteiger partial charge in [-0.1, -0.05) is 0 Å². The Kier molecular flexibility index (Phi) is 3.59. The van der Waals surface area contributed by atoms with Gasteiger partial charge in [0.1, 0.15) is 24.0 Å². The molecule has 0 saturated carbocycles. The highest BCUT2D eigenvalue weighted by Gasteiger charge is 2.43. The van der Waals surface area contributed by atoms with Crippen molar-refractivity contribution in [2.24, 2.45) is 0 Å². The number of H-pyrrole nitrogens is 1. The van der Waals surface area contributed by atoms with Gasteiger partial charge in [0.25, 0.3) is 0 Å². The summed E-state index contributed by atoms with van der Waals surface area (Å²) >= 11 is 5.12. The average Bonchev–Trinajstić information content (AvgIpc) is 2.74. The Hall–Kier alpha value is -1.65. The summed E-state index contributed by atoms with van der Waals surface area (Å²) < 4.78 is 6.88. The Labute approximate surface area is 123 Å². The van der Waals surface area contributed by atoms with Gasteiger partial charge < -0.3 is 25.0 Å². The maximum atomic E-state index is 11.3. The number of aromatic nitrogens is 3. The van der Waals surface area contributed by atoms with E-state index in [1.54, 1.807) is 12.3 Å². The fraction of sp³-hybridized carbons (Fsp3) is 0.417. The molecule has 0 aromatic carbocycles. The molecule has 4 atom stereocenters. The quantitative estimate of drug-likeness (QED) is 0.529. The van der Waals surface area contributed by atoms with E-state index in [0.717, 1.165) is 0 Å². The van der Waals surface area contributed by atoms with E-state index in [1.165, 1.54) is 10.6 Å². The Morgan fingerprint density at radius 1 is 1.38 bits per heavy atom. The van der Waals surface area contributed by atoms with Crippen LogP contribution >= 0.6 is 12.2 Å². The SMILES string of the molecule is O=c1ccc2cn([C@@H]3O[C@H](CO)C(O)[C@@H]3O)c(=S)nc2[nH]1. The minimum Gasteiger partial charge on any atom is -0.394 e. The molecule has 3 heterocycles. The largest absolute Gasteiger partial charge is 0.394 e. The topological polar surface area (TPSA) is 121 Å². The molecule has 21 heavy (non-hydrogen) atoms. The lowest BCUT2D eigenvalue weighted by Gasteiger charge is -2.18. The van der Waals surface area contributed by atoms with Crippen molar-refractivity contribution in [3.8, 4) is 0 Å². The molecule has 0 amide bonds. The van der Waals surface area contributed by atoms with Crippen LogP contribution in [0.1, 0.15) is 6.23 Å². The van der Waals surface area contributed by atoms with E-state index in [-0.39, 0.29) is 10.3 Å². The second-order valence-electron chi connectivity index (χ2n) is 4.79. The van der Waals surface area contributed by atoms with Crippen molar-refractivity contribution in [2.75, 3.05) is 6.61 Å². The summed E-state index contributed by atoms with van der Waals surface area (Å²) in [5.41, 5.74) is 0.0329. The average molecular weight is 311 g/mol. The number of aromatic amines is 1. The summed E-state index contributed by atoms with van der Waals surface area (Å²) in [6, 6.07) is 2.91. The van der Waals surface area contributed by atoms with Gasteiger partial charge in [0.2, 0.25) is 10.3 Å². The molecule has 2 aromatic heterocycles. The molecule has 0 spiro atoms. The first-order chi connectivity index (χ1) is 10.0. The number of aliphatic hydroxyl groups excluding tert-OH is 3. The van der Waals surface area contributed by atoms with E-state index < -0.39 is 31.1 Å². The first-order valence-electron chi connectivity index (χ1n) is 6.26. The van der Waals surface area contributed by atoms with Crippen LogP contribution in [0.3, 0.4) is 0 Å². The monoisotopic (exact) mass is 311 g/mol. The number of nitrogens with one attached hydrogen (secondary N) is 1. The molecule has 4 N–H and O–H groups in total. The minimum atomic E-state index is -1.24. The number of pyridine rings is 1. The van der Waals surface area contributed by atoms with Crippen LogP contribution in [0, 0.1) is 4.77 Å². The second kappa shape index (κ2) is 5.28. The molecular weight excluding hydrogens is 298 g/mol. The lowest BCUT2D eigenvalue weighted by atomic mass is 10.1. The number of hydrogen-bond acceptors (Lipinski definition) is 7. The fourth-order valence-corrected chi connectivity index (χ4v) is 2.57. The highest BCUT2D eigenvalue weighted by molar-refractivity contribution is 7.71. The molecule has 1 unspecified atom stereocenters. The van der Waals surface area contributed by atoms with Crippen molar-refractivity contribution in [2.45, 2.75) is 24.5 Å². The smallest absolute Gasteiger partial charge is 0.249 e. The summed E-state index contributed by atoms with van der Waals surface area (Å²) in [7, 11) is 0. The van der Waals surface area contributed by atoms with Crippen molar-refractivity contribution in [1.29, 1.82) is 0 Å². The summed E-state index contributed by atoms with van der Waals surface area (Å²) in [6.45, 7) is -0.420. The van der Waals surface area contributed by atoms with Crippen molar-refractivity contribution in [3.63, 3.8) is 0 Å². The van der Waals surface area contributed by atoms with Crippen molar-refractivity contribution >= 4 is 23.3 Å². The molecule has 0 aliphatic carbocycles. The lowest BCUT2D eigenvalue weighted by Crippen LogP contribution is -2.33. The van der Waals surface area contributed by atoms with Crippen LogP contribution < -0.4 is 5.56 Å². The Bertz CT molecular complexity index is 788. The summed E-state index contributed by atoms with van der Waals surface area (Å²) in [5.74, 6) is 0. The highest BCUT2D eigenvalue weighted by atomic mass is 32.1.